The van der Waals surface area contributed by atoms with E-state index >= 15 is 0 Å². The maximum Gasteiger partial charge on any atom is 0.305 e. The van der Waals surface area contributed by atoms with Crippen LogP contribution in [-0.2, 0) is 9.53 Å². The van der Waals surface area contributed by atoms with E-state index in [0.717, 1.165) is 19.3 Å². The van der Waals surface area contributed by atoms with Crippen molar-refractivity contribution in [1.29, 1.82) is 0 Å². The monoisotopic (exact) mass is 229 g/mol. The van der Waals surface area contributed by atoms with Crippen molar-refractivity contribution in [2.75, 3.05) is 20.3 Å². The lowest BCUT2D eigenvalue weighted by Gasteiger charge is -2.28. The second kappa shape index (κ2) is 7.63. The van der Waals surface area contributed by atoms with Gasteiger partial charge in [0.1, 0.15) is 0 Å². The maximum atomic E-state index is 11.0. The van der Waals surface area contributed by atoms with E-state index in [-0.39, 0.29) is 12.6 Å². The van der Waals surface area contributed by atoms with Gasteiger partial charge >= 0.3 is 5.97 Å². The first-order chi connectivity index (χ1) is 7.76. The first-order valence-electron chi connectivity index (χ1n) is 6.17. The molecule has 0 spiro atoms. The van der Waals surface area contributed by atoms with Crippen molar-refractivity contribution in [1.82, 2.24) is 5.32 Å². The Morgan fingerprint density at radius 3 is 2.62 bits per heavy atom. The van der Waals surface area contributed by atoms with Crippen LogP contribution in [0.15, 0.2) is 0 Å². The summed E-state index contributed by atoms with van der Waals surface area (Å²) in [6.45, 7) is 0.903. The highest BCUT2D eigenvalue weighted by molar-refractivity contribution is 5.69. The third kappa shape index (κ3) is 4.94. The number of carbonyl (C=O) groups is 1. The van der Waals surface area contributed by atoms with Gasteiger partial charge in [-0.05, 0) is 38.0 Å². The van der Waals surface area contributed by atoms with Gasteiger partial charge in [0.25, 0.3) is 0 Å². The summed E-state index contributed by atoms with van der Waals surface area (Å²) < 4.78 is 4.64. The lowest BCUT2D eigenvalue weighted by molar-refractivity contribution is -0.141. The van der Waals surface area contributed by atoms with Crippen LogP contribution in [0.1, 0.15) is 38.5 Å². The minimum Gasteiger partial charge on any atom is -0.469 e. The Morgan fingerprint density at radius 1 is 1.38 bits per heavy atom. The summed E-state index contributed by atoms with van der Waals surface area (Å²) in [4.78, 5) is 11.0. The lowest BCUT2D eigenvalue weighted by atomic mass is 9.83. The van der Waals surface area contributed by atoms with Gasteiger partial charge < -0.3 is 15.2 Å². The average Bonchev–Trinajstić information content (AvgIpc) is 2.34. The molecule has 0 amide bonds. The molecule has 0 radical (unpaired) electrons. The van der Waals surface area contributed by atoms with Crippen LogP contribution in [-0.4, -0.2) is 37.4 Å². The molecule has 0 unspecified atom stereocenters. The number of hydrogen-bond acceptors (Lipinski definition) is 4. The molecule has 0 aromatic heterocycles. The fourth-order valence-electron chi connectivity index (χ4n) is 2.35. The summed E-state index contributed by atoms with van der Waals surface area (Å²) in [5.74, 6) is 0.576. The third-order valence-electron chi connectivity index (χ3n) is 3.38. The number of aliphatic hydroxyl groups is 1. The van der Waals surface area contributed by atoms with E-state index in [1.54, 1.807) is 0 Å². The normalized spacial score (nSPS) is 25.4. The van der Waals surface area contributed by atoms with Crippen molar-refractivity contribution in [3.05, 3.63) is 0 Å². The smallest absolute Gasteiger partial charge is 0.305 e. The quantitative estimate of drug-likeness (QED) is 0.669. The van der Waals surface area contributed by atoms with Crippen LogP contribution in [0.5, 0.6) is 0 Å². The molecule has 4 heteroatoms. The third-order valence-corrected chi connectivity index (χ3v) is 3.38. The first kappa shape index (κ1) is 13.5. The van der Waals surface area contributed by atoms with E-state index in [1.165, 1.54) is 20.0 Å². The minimum absolute atomic E-state index is 0.0967. The van der Waals surface area contributed by atoms with Gasteiger partial charge in [-0.3, -0.25) is 4.79 Å². The van der Waals surface area contributed by atoms with Crippen LogP contribution in [0, 0.1) is 5.92 Å². The summed E-state index contributed by atoms with van der Waals surface area (Å²) in [5, 5.41) is 12.0. The minimum atomic E-state index is -0.0967. The van der Waals surface area contributed by atoms with Gasteiger partial charge in [-0.25, -0.2) is 0 Å². The van der Waals surface area contributed by atoms with Crippen LogP contribution < -0.4 is 5.32 Å². The van der Waals surface area contributed by atoms with Crippen LogP contribution in [0.3, 0.4) is 0 Å². The number of carbonyl (C=O) groups excluding carboxylic acids is 1. The second-order valence-electron chi connectivity index (χ2n) is 4.51. The zero-order valence-corrected chi connectivity index (χ0v) is 10.1. The molecule has 0 aromatic carbocycles. The van der Waals surface area contributed by atoms with Gasteiger partial charge in [0, 0.05) is 19.0 Å². The fraction of sp³-hybridized carbons (Fsp3) is 0.917. The molecule has 1 saturated carbocycles. The molecule has 2 N–H and O–H groups in total. The first-order valence-corrected chi connectivity index (χ1v) is 6.17. The van der Waals surface area contributed by atoms with Crippen molar-refractivity contribution in [2.45, 2.75) is 44.6 Å². The standard InChI is InChI=1S/C12H23NO3/c1-16-12(15)7-4-10-2-5-11(6-3-10)13-8-9-14/h10-11,13-14H,2-9H2,1H3/t10-,11-. The van der Waals surface area contributed by atoms with Gasteiger partial charge in [-0.1, -0.05) is 0 Å². The molecule has 0 aliphatic heterocycles. The molecule has 0 bridgehead atoms. The van der Waals surface area contributed by atoms with Crippen molar-refractivity contribution < 1.29 is 14.6 Å². The number of esters is 1. The molecular formula is C12H23NO3. The van der Waals surface area contributed by atoms with Crippen molar-refractivity contribution >= 4 is 5.97 Å². The Morgan fingerprint density at radius 2 is 2.06 bits per heavy atom. The molecule has 94 valence electrons. The summed E-state index contributed by atoms with van der Waals surface area (Å²) in [7, 11) is 1.44. The van der Waals surface area contributed by atoms with Crippen molar-refractivity contribution in [3.8, 4) is 0 Å². The van der Waals surface area contributed by atoms with Crippen LogP contribution in [0.25, 0.3) is 0 Å². The predicted octanol–water partition coefficient (Wildman–Crippen LogP) is 1.08. The SMILES string of the molecule is COC(=O)CC[C@H]1CC[C@H](NCCO)CC1. The van der Waals surface area contributed by atoms with Gasteiger partial charge in [0.2, 0.25) is 0 Å². The van der Waals surface area contributed by atoms with E-state index in [9.17, 15) is 4.79 Å². The lowest BCUT2D eigenvalue weighted by Crippen LogP contribution is -2.35. The number of methoxy groups -OCH3 is 1. The average molecular weight is 229 g/mol. The van der Waals surface area contributed by atoms with E-state index in [2.05, 4.69) is 10.1 Å². The molecule has 0 atom stereocenters. The molecule has 0 saturated heterocycles. The fourth-order valence-corrected chi connectivity index (χ4v) is 2.35. The van der Waals surface area contributed by atoms with E-state index in [1.807, 2.05) is 0 Å². The number of ether oxygens (including phenoxy) is 1. The largest absolute Gasteiger partial charge is 0.469 e. The molecule has 16 heavy (non-hydrogen) atoms. The van der Waals surface area contributed by atoms with Crippen molar-refractivity contribution in [3.63, 3.8) is 0 Å². The Labute approximate surface area is 97.4 Å². The second-order valence-corrected chi connectivity index (χ2v) is 4.51. The Balaban J connectivity index is 2.09. The number of hydrogen-bond donors (Lipinski definition) is 2. The molecule has 1 aliphatic carbocycles. The van der Waals surface area contributed by atoms with Crippen LogP contribution >= 0.6 is 0 Å². The van der Waals surface area contributed by atoms with E-state index < -0.39 is 0 Å². The summed E-state index contributed by atoms with van der Waals surface area (Å²) in [6.07, 6.45) is 6.19. The highest BCUT2D eigenvalue weighted by atomic mass is 16.5. The number of rotatable bonds is 6. The number of aliphatic hydroxyl groups excluding tert-OH is 1. The number of nitrogens with one attached hydrogen (secondary N) is 1. The van der Waals surface area contributed by atoms with E-state index in [0.29, 0.717) is 24.9 Å². The predicted molar refractivity (Wildman–Crippen MR) is 62.1 cm³/mol. The van der Waals surface area contributed by atoms with Gasteiger partial charge in [0.05, 0.1) is 13.7 Å². The molecule has 1 aliphatic rings. The molecule has 0 heterocycles. The Hall–Kier alpha value is -0.610. The molecule has 4 nitrogen and oxygen atoms in total. The topological polar surface area (TPSA) is 58.6 Å². The molecule has 1 rings (SSSR count). The Kier molecular flexibility index (Phi) is 6.42. The van der Waals surface area contributed by atoms with Crippen molar-refractivity contribution in [2.24, 2.45) is 5.92 Å². The van der Waals surface area contributed by atoms with E-state index in [4.69, 9.17) is 5.11 Å². The Bertz CT molecular complexity index is 200. The maximum absolute atomic E-state index is 11.0. The highest BCUT2D eigenvalue weighted by Gasteiger charge is 2.21. The molecule has 0 aromatic rings. The summed E-state index contributed by atoms with van der Waals surface area (Å²) in [6, 6.07) is 0.557. The highest BCUT2D eigenvalue weighted by Crippen LogP contribution is 2.27. The summed E-state index contributed by atoms with van der Waals surface area (Å²) in [5.41, 5.74) is 0. The summed E-state index contributed by atoms with van der Waals surface area (Å²) >= 11 is 0. The zero-order chi connectivity index (χ0) is 11.8. The molecule has 1 fully saturated rings. The van der Waals surface area contributed by atoms with Gasteiger partial charge in [-0.15, -0.1) is 0 Å². The van der Waals surface area contributed by atoms with Crippen LogP contribution in [0.4, 0.5) is 0 Å². The van der Waals surface area contributed by atoms with Gasteiger partial charge in [0.15, 0.2) is 0 Å². The molecular weight excluding hydrogens is 206 g/mol. The van der Waals surface area contributed by atoms with Gasteiger partial charge in [-0.2, -0.15) is 0 Å². The van der Waals surface area contributed by atoms with Crippen LogP contribution in [0.2, 0.25) is 0 Å². The zero-order valence-electron chi connectivity index (χ0n) is 10.1.